The predicted molar refractivity (Wildman–Crippen MR) is 116 cm³/mol. The van der Waals surface area contributed by atoms with Gasteiger partial charge in [-0.05, 0) is 55.3 Å². The Morgan fingerprint density at radius 3 is 2.56 bits per heavy atom. The first kappa shape index (κ1) is 23.5. The van der Waals surface area contributed by atoms with Crippen LogP contribution in [0.15, 0.2) is 42.5 Å². The van der Waals surface area contributed by atoms with E-state index >= 15 is 0 Å². The van der Waals surface area contributed by atoms with E-state index in [1.54, 1.807) is 0 Å². The lowest BCUT2D eigenvalue weighted by Gasteiger charge is -2.31. The lowest BCUT2D eigenvalue weighted by molar-refractivity contribution is -0.118. The fraction of sp³-hybridized carbons (Fsp3) is 0.333. The Morgan fingerprint density at radius 1 is 1.19 bits per heavy atom. The Balaban J connectivity index is 1.64. The summed E-state index contributed by atoms with van der Waals surface area (Å²) in [6.45, 7) is 0.125. The van der Waals surface area contributed by atoms with E-state index in [0.29, 0.717) is 30.6 Å². The van der Waals surface area contributed by atoms with Crippen LogP contribution in [0.25, 0.3) is 0 Å². The number of rotatable bonds is 7. The Hall–Kier alpha value is -3.18. The number of nitrogens with zero attached hydrogens (tertiary/aromatic N) is 1. The van der Waals surface area contributed by atoms with Gasteiger partial charge in [-0.1, -0.05) is 0 Å². The second kappa shape index (κ2) is 9.96. The number of ether oxygens (including phenoxy) is 2. The average molecular weight is 466 g/mol. The smallest absolute Gasteiger partial charge is 0.262 e. The van der Waals surface area contributed by atoms with Crippen LogP contribution in [-0.4, -0.2) is 57.2 Å². The molecule has 3 N–H and O–H groups in total. The van der Waals surface area contributed by atoms with Crippen molar-refractivity contribution < 1.29 is 31.9 Å². The molecule has 1 heterocycles. The number of sulfonamides is 1. The van der Waals surface area contributed by atoms with E-state index in [9.17, 15) is 22.4 Å². The molecule has 9 nitrogen and oxygen atoms in total. The summed E-state index contributed by atoms with van der Waals surface area (Å²) in [5.41, 5.74) is 0.715. The summed E-state index contributed by atoms with van der Waals surface area (Å²) in [6, 6.07) is 9.78. The van der Waals surface area contributed by atoms with E-state index in [0.717, 1.165) is 0 Å². The molecule has 0 spiro atoms. The number of amides is 2. The Kier molecular flexibility index (Phi) is 7.31. The summed E-state index contributed by atoms with van der Waals surface area (Å²) in [5.74, 6) is -0.730. The molecule has 1 atom stereocenters. The highest BCUT2D eigenvalue weighted by atomic mass is 32.2. The summed E-state index contributed by atoms with van der Waals surface area (Å²) in [6.07, 6.45) is 0.951. The lowest BCUT2D eigenvalue weighted by atomic mass is 10.1. The molecule has 32 heavy (non-hydrogen) atoms. The van der Waals surface area contributed by atoms with E-state index in [2.05, 4.69) is 5.32 Å². The van der Waals surface area contributed by atoms with Crippen molar-refractivity contribution in [3.63, 3.8) is 0 Å². The number of primary sulfonamides is 1. The van der Waals surface area contributed by atoms with Crippen LogP contribution in [0.3, 0.4) is 0 Å². The minimum atomic E-state index is -3.73. The quantitative estimate of drug-likeness (QED) is 0.641. The molecule has 1 unspecified atom stereocenters. The Bertz CT molecular complexity index is 1090. The molecule has 1 aliphatic heterocycles. The largest absolute Gasteiger partial charge is 0.493 e. The minimum absolute atomic E-state index is 0.0296. The van der Waals surface area contributed by atoms with Gasteiger partial charge in [-0.15, -0.1) is 0 Å². The van der Waals surface area contributed by atoms with Gasteiger partial charge >= 0.3 is 0 Å². The van der Waals surface area contributed by atoms with E-state index in [-0.39, 0.29) is 30.6 Å². The Morgan fingerprint density at radius 2 is 1.91 bits per heavy atom. The molecule has 11 heteroatoms. The van der Waals surface area contributed by atoms with Crippen LogP contribution in [0.2, 0.25) is 0 Å². The fourth-order valence-corrected chi connectivity index (χ4v) is 4.25. The second-order valence-electron chi connectivity index (χ2n) is 7.31. The van der Waals surface area contributed by atoms with Gasteiger partial charge in [0.1, 0.15) is 5.82 Å². The van der Waals surface area contributed by atoms with Gasteiger partial charge in [0.25, 0.3) is 11.8 Å². The number of anilines is 1. The number of piperidine rings is 1. The molecule has 2 aromatic rings. The van der Waals surface area contributed by atoms with E-state index < -0.39 is 27.0 Å². The molecule has 0 bridgehead atoms. The molecule has 0 radical (unpaired) electrons. The molecular formula is C21H24FN3O6S. The molecule has 2 aromatic carbocycles. The number of halogens is 1. The first-order chi connectivity index (χ1) is 15.2. The third-order valence-corrected chi connectivity index (χ3v) is 6.34. The number of likely N-dealkylation sites (tertiary alicyclic amines) is 1. The first-order valence-corrected chi connectivity index (χ1v) is 11.5. The van der Waals surface area contributed by atoms with Crippen LogP contribution >= 0.6 is 0 Å². The number of methoxy groups -OCH3 is 1. The van der Waals surface area contributed by atoms with Crippen molar-refractivity contribution in [3.8, 4) is 11.5 Å². The monoisotopic (exact) mass is 465 g/mol. The SMILES string of the molecule is COc1cc(C(=O)N2CCCC(S(N)(=O)=O)C2)ccc1OCC(=O)Nc1ccc(F)cc1. The lowest BCUT2D eigenvalue weighted by Crippen LogP contribution is -2.47. The zero-order valence-electron chi connectivity index (χ0n) is 17.4. The van der Waals surface area contributed by atoms with Gasteiger partial charge in [0.05, 0.1) is 12.4 Å². The summed E-state index contributed by atoms with van der Waals surface area (Å²) < 4.78 is 47.0. The maximum absolute atomic E-state index is 12.9. The molecule has 172 valence electrons. The highest BCUT2D eigenvalue weighted by Crippen LogP contribution is 2.29. The van der Waals surface area contributed by atoms with Crippen molar-refractivity contribution in [2.24, 2.45) is 5.14 Å². The zero-order valence-corrected chi connectivity index (χ0v) is 18.2. The van der Waals surface area contributed by atoms with Crippen molar-refractivity contribution >= 4 is 27.5 Å². The third kappa shape index (κ3) is 5.95. The predicted octanol–water partition coefficient (Wildman–Crippen LogP) is 1.74. The molecule has 0 aliphatic carbocycles. The van der Waals surface area contributed by atoms with Crippen LogP contribution in [-0.2, 0) is 14.8 Å². The van der Waals surface area contributed by atoms with Gasteiger partial charge in [0.15, 0.2) is 18.1 Å². The fourth-order valence-electron chi connectivity index (χ4n) is 3.37. The highest BCUT2D eigenvalue weighted by molar-refractivity contribution is 7.89. The first-order valence-electron chi connectivity index (χ1n) is 9.84. The third-order valence-electron chi connectivity index (χ3n) is 5.03. The van der Waals surface area contributed by atoms with E-state index in [1.165, 1.54) is 54.5 Å². The normalized spacial score (nSPS) is 16.3. The van der Waals surface area contributed by atoms with Crippen molar-refractivity contribution in [1.82, 2.24) is 4.90 Å². The zero-order chi connectivity index (χ0) is 23.3. The maximum atomic E-state index is 12.9. The molecule has 1 saturated heterocycles. The van der Waals surface area contributed by atoms with Crippen molar-refractivity contribution in [2.45, 2.75) is 18.1 Å². The molecule has 0 aromatic heterocycles. The number of nitrogens with one attached hydrogen (secondary N) is 1. The van der Waals surface area contributed by atoms with Crippen molar-refractivity contribution in [1.29, 1.82) is 0 Å². The second-order valence-corrected chi connectivity index (χ2v) is 9.16. The summed E-state index contributed by atoms with van der Waals surface area (Å²) in [7, 11) is -2.33. The van der Waals surface area contributed by atoms with Gasteiger partial charge < -0.3 is 19.7 Å². The van der Waals surface area contributed by atoms with Gasteiger partial charge in [-0.3, -0.25) is 9.59 Å². The number of hydrogen-bond acceptors (Lipinski definition) is 6. The molecular weight excluding hydrogens is 441 g/mol. The van der Waals surface area contributed by atoms with E-state index in [1.807, 2.05) is 0 Å². The number of carbonyl (C=O) groups is 2. The average Bonchev–Trinajstić information content (AvgIpc) is 2.78. The molecule has 0 saturated carbocycles. The van der Waals surface area contributed by atoms with Gasteiger partial charge in [0.2, 0.25) is 10.0 Å². The topological polar surface area (TPSA) is 128 Å². The summed E-state index contributed by atoms with van der Waals surface area (Å²) >= 11 is 0. The Labute approximate surface area is 185 Å². The standard InChI is InChI=1S/C21H24FN3O6S/c1-30-19-11-14(21(27)25-10-2-3-17(12-25)32(23,28)29)4-9-18(19)31-13-20(26)24-16-7-5-15(22)6-8-16/h4-9,11,17H,2-3,10,12-13H2,1H3,(H,24,26)(H2,23,28,29). The summed E-state index contributed by atoms with van der Waals surface area (Å²) in [4.78, 5) is 26.4. The van der Waals surface area contributed by atoms with E-state index in [4.69, 9.17) is 14.6 Å². The molecule has 2 amide bonds. The number of hydrogen-bond donors (Lipinski definition) is 2. The number of benzene rings is 2. The van der Waals surface area contributed by atoms with Crippen molar-refractivity contribution in [2.75, 3.05) is 32.1 Å². The van der Waals surface area contributed by atoms with Crippen LogP contribution < -0.4 is 19.9 Å². The number of nitrogens with two attached hydrogens (primary N) is 1. The van der Waals surface area contributed by atoms with Crippen molar-refractivity contribution in [3.05, 3.63) is 53.8 Å². The molecule has 1 aliphatic rings. The molecule has 3 rings (SSSR count). The highest BCUT2D eigenvalue weighted by Gasteiger charge is 2.31. The van der Waals surface area contributed by atoms with Gasteiger partial charge in [-0.25, -0.2) is 17.9 Å². The minimum Gasteiger partial charge on any atom is -0.493 e. The number of carbonyl (C=O) groups excluding carboxylic acids is 2. The van der Waals surface area contributed by atoms with Gasteiger partial charge in [0, 0.05) is 24.3 Å². The molecule has 1 fully saturated rings. The van der Waals surface area contributed by atoms with Gasteiger partial charge in [-0.2, -0.15) is 0 Å². The van der Waals surface area contributed by atoms with Crippen LogP contribution in [0.1, 0.15) is 23.2 Å². The summed E-state index contributed by atoms with van der Waals surface area (Å²) in [5, 5.41) is 7.02. The maximum Gasteiger partial charge on any atom is 0.262 e. The van der Waals surface area contributed by atoms with Crippen LogP contribution in [0, 0.1) is 5.82 Å². The van der Waals surface area contributed by atoms with Crippen LogP contribution in [0.5, 0.6) is 11.5 Å². The van der Waals surface area contributed by atoms with Crippen LogP contribution in [0.4, 0.5) is 10.1 Å².